The number of aryl methyl sites for hydroxylation is 2. The zero-order valence-electron chi connectivity index (χ0n) is 11.2. The first kappa shape index (κ1) is 16.9. The number of primary amides is 1. The van der Waals surface area contributed by atoms with E-state index in [2.05, 4.69) is 18.9 Å². The summed E-state index contributed by atoms with van der Waals surface area (Å²) >= 11 is 0. The van der Waals surface area contributed by atoms with E-state index in [9.17, 15) is 4.79 Å². The molecular weight excluding hydrogens is 204 g/mol. The van der Waals surface area contributed by atoms with Crippen molar-refractivity contribution in [3.63, 3.8) is 0 Å². The van der Waals surface area contributed by atoms with Crippen LogP contribution >= 0.6 is 0 Å². The molecule has 0 bridgehead atoms. The highest BCUT2D eigenvalue weighted by molar-refractivity contribution is 5.98. The molecule has 0 radical (unpaired) electrons. The molecule has 0 aliphatic carbocycles. The third-order valence-corrected chi connectivity index (χ3v) is 1.51. The van der Waals surface area contributed by atoms with Crippen LogP contribution in [0.3, 0.4) is 0 Å². The van der Waals surface area contributed by atoms with Gasteiger partial charge in [0, 0.05) is 7.05 Å². The Morgan fingerprint density at radius 3 is 1.88 bits per heavy atom. The van der Waals surface area contributed by atoms with Gasteiger partial charge in [0.1, 0.15) is 11.4 Å². The Labute approximate surface area is 97.8 Å². The van der Waals surface area contributed by atoms with Gasteiger partial charge in [-0.2, -0.15) is 5.10 Å². The van der Waals surface area contributed by atoms with E-state index >= 15 is 0 Å². The first-order valence-corrected chi connectivity index (χ1v) is 5.54. The second kappa shape index (κ2) is 8.76. The summed E-state index contributed by atoms with van der Waals surface area (Å²) in [7, 11) is 1.66. The second-order valence-electron chi connectivity index (χ2n) is 3.04. The number of nitrogen functional groups attached to an aromatic ring is 1. The van der Waals surface area contributed by atoms with E-state index in [1.54, 1.807) is 14.0 Å². The second-order valence-corrected chi connectivity index (χ2v) is 3.04. The van der Waals surface area contributed by atoms with Gasteiger partial charge in [-0.15, -0.1) is 0 Å². The summed E-state index contributed by atoms with van der Waals surface area (Å²) in [5, 5.41) is 3.92. The molecule has 4 N–H and O–H groups in total. The van der Waals surface area contributed by atoms with Crippen molar-refractivity contribution in [3.05, 3.63) is 11.3 Å². The van der Waals surface area contributed by atoms with Crippen LogP contribution in [-0.2, 0) is 7.05 Å². The van der Waals surface area contributed by atoms with Crippen LogP contribution in [0.25, 0.3) is 0 Å². The van der Waals surface area contributed by atoms with Crippen LogP contribution in [0.4, 0.5) is 5.82 Å². The van der Waals surface area contributed by atoms with Gasteiger partial charge in [0.05, 0.1) is 5.69 Å². The number of hydrogen-bond donors (Lipinski definition) is 2. The molecule has 94 valence electrons. The molecule has 0 spiro atoms. The van der Waals surface area contributed by atoms with Crippen molar-refractivity contribution >= 4 is 11.7 Å². The van der Waals surface area contributed by atoms with Crippen molar-refractivity contribution in [1.29, 1.82) is 0 Å². The Kier molecular flexibility index (Phi) is 9.25. The molecule has 5 nitrogen and oxygen atoms in total. The lowest BCUT2D eigenvalue weighted by Gasteiger charge is -1.94. The molecule has 0 saturated carbocycles. The number of carbonyl (C=O) groups is 1. The van der Waals surface area contributed by atoms with Crippen molar-refractivity contribution in [3.8, 4) is 0 Å². The Bertz CT molecular complexity index is 318. The Balaban J connectivity index is 0. The average molecular weight is 228 g/mol. The molecule has 0 aromatic carbocycles. The van der Waals surface area contributed by atoms with Crippen LogP contribution in [0.5, 0.6) is 0 Å². The lowest BCUT2D eigenvalue weighted by atomic mass is 10.2. The van der Waals surface area contributed by atoms with E-state index in [4.69, 9.17) is 11.5 Å². The molecule has 5 heteroatoms. The molecular formula is C11H24N4O. The summed E-state index contributed by atoms with van der Waals surface area (Å²) in [4.78, 5) is 10.7. The van der Waals surface area contributed by atoms with Gasteiger partial charge in [-0.25, -0.2) is 0 Å². The zero-order valence-corrected chi connectivity index (χ0v) is 11.2. The fourth-order valence-corrected chi connectivity index (χ4v) is 0.981. The van der Waals surface area contributed by atoms with Gasteiger partial charge in [-0.1, -0.05) is 34.1 Å². The van der Waals surface area contributed by atoms with Crippen LogP contribution in [0, 0.1) is 6.92 Å². The van der Waals surface area contributed by atoms with Crippen LogP contribution in [-0.4, -0.2) is 15.7 Å². The number of nitrogens with zero attached hydrogens (tertiary/aromatic N) is 2. The van der Waals surface area contributed by atoms with Gasteiger partial charge in [0.15, 0.2) is 0 Å². The third-order valence-electron chi connectivity index (χ3n) is 1.51. The molecule has 1 amide bonds. The molecule has 0 saturated heterocycles. The van der Waals surface area contributed by atoms with E-state index in [0.717, 1.165) is 0 Å². The van der Waals surface area contributed by atoms with E-state index < -0.39 is 5.91 Å². The van der Waals surface area contributed by atoms with Crippen molar-refractivity contribution in [2.75, 3.05) is 5.73 Å². The Morgan fingerprint density at radius 2 is 1.75 bits per heavy atom. The molecule has 1 aromatic heterocycles. The largest absolute Gasteiger partial charge is 0.383 e. The normalized spacial score (nSPS) is 8.38. The summed E-state index contributed by atoms with van der Waals surface area (Å²) in [6.07, 6.45) is 1.25. The molecule has 0 atom stereocenters. The van der Waals surface area contributed by atoms with Crippen molar-refractivity contribution in [2.24, 2.45) is 12.8 Å². The maximum atomic E-state index is 10.7. The summed E-state index contributed by atoms with van der Waals surface area (Å²) in [5.74, 6) is -0.219. The number of anilines is 1. The SMILES string of the molecule is CC.CCC.Cc1nn(C)c(N)c1C(N)=O. The topological polar surface area (TPSA) is 86.9 Å². The number of amides is 1. The summed E-state index contributed by atoms with van der Waals surface area (Å²) in [5.41, 5.74) is 11.4. The fraction of sp³-hybridized carbons (Fsp3) is 0.636. The molecule has 0 aliphatic rings. The minimum absolute atomic E-state index is 0.313. The molecule has 0 fully saturated rings. The fourth-order valence-electron chi connectivity index (χ4n) is 0.981. The molecule has 16 heavy (non-hydrogen) atoms. The van der Waals surface area contributed by atoms with Gasteiger partial charge in [-0.05, 0) is 6.92 Å². The van der Waals surface area contributed by atoms with Gasteiger partial charge < -0.3 is 11.5 Å². The monoisotopic (exact) mass is 228 g/mol. The van der Waals surface area contributed by atoms with Crippen LogP contribution in [0.1, 0.15) is 50.2 Å². The van der Waals surface area contributed by atoms with Gasteiger partial charge >= 0.3 is 0 Å². The van der Waals surface area contributed by atoms with Crippen molar-refractivity contribution < 1.29 is 4.79 Å². The number of hydrogen-bond acceptors (Lipinski definition) is 3. The Hall–Kier alpha value is -1.52. The Morgan fingerprint density at radius 1 is 1.38 bits per heavy atom. The lowest BCUT2D eigenvalue weighted by Crippen LogP contribution is -2.14. The quantitative estimate of drug-likeness (QED) is 0.769. The molecule has 0 aliphatic heterocycles. The minimum atomic E-state index is -0.534. The highest BCUT2D eigenvalue weighted by Crippen LogP contribution is 2.13. The van der Waals surface area contributed by atoms with Gasteiger partial charge in [0.2, 0.25) is 0 Å². The molecule has 1 aromatic rings. The highest BCUT2D eigenvalue weighted by atomic mass is 16.1. The van der Waals surface area contributed by atoms with Crippen molar-refractivity contribution in [1.82, 2.24) is 9.78 Å². The summed E-state index contributed by atoms with van der Waals surface area (Å²) < 4.78 is 1.43. The van der Waals surface area contributed by atoms with E-state index in [1.165, 1.54) is 11.1 Å². The van der Waals surface area contributed by atoms with Crippen LogP contribution in [0.15, 0.2) is 0 Å². The summed E-state index contributed by atoms with van der Waals surface area (Å²) in [6, 6.07) is 0. The van der Waals surface area contributed by atoms with Gasteiger partial charge in [0.25, 0.3) is 5.91 Å². The standard InChI is InChI=1S/C6H10N4O.C3H8.C2H6/c1-3-4(6(8)11)5(7)10(2)9-3;1-3-2;1-2/h7H2,1-2H3,(H2,8,11);3H2,1-2H3;1-2H3. The number of aromatic nitrogens is 2. The lowest BCUT2D eigenvalue weighted by molar-refractivity contribution is 0.100. The maximum Gasteiger partial charge on any atom is 0.254 e. The average Bonchev–Trinajstić information content (AvgIpc) is 2.45. The minimum Gasteiger partial charge on any atom is -0.383 e. The van der Waals surface area contributed by atoms with E-state index in [-0.39, 0.29) is 0 Å². The summed E-state index contributed by atoms with van der Waals surface area (Å²) in [6.45, 7) is 9.94. The number of rotatable bonds is 1. The first-order chi connectivity index (χ1) is 7.45. The van der Waals surface area contributed by atoms with E-state index in [1.807, 2.05) is 13.8 Å². The smallest absolute Gasteiger partial charge is 0.254 e. The van der Waals surface area contributed by atoms with Crippen LogP contribution in [0.2, 0.25) is 0 Å². The van der Waals surface area contributed by atoms with Crippen LogP contribution < -0.4 is 11.5 Å². The molecule has 0 unspecified atom stereocenters. The number of carbonyl (C=O) groups excluding carboxylic acids is 1. The van der Waals surface area contributed by atoms with E-state index in [0.29, 0.717) is 17.1 Å². The molecule has 1 heterocycles. The van der Waals surface area contributed by atoms with Crippen molar-refractivity contribution in [2.45, 2.75) is 41.0 Å². The zero-order chi connectivity index (χ0) is 13.3. The predicted octanol–water partition coefficient (Wildman–Crippen LogP) is 1.85. The van der Waals surface area contributed by atoms with Gasteiger partial charge in [-0.3, -0.25) is 9.48 Å². The predicted molar refractivity (Wildman–Crippen MR) is 68.2 cm³/mol. The first-order valence-electron chi connectivity index (χ1n) is 5.54. The highest BCUT2D eigenvalue weighted by Gasteiger charge is 2.14. The maximum absolute atomic E-state index is 10.7. The molecule has 1 rings (SSSR count). The third kappa shape index (κ3) is 4.82. The number of nitrogens with two attached hydrogens (primary N) is 2.